The number of aliphatic hydroxyl groups is 1. The molecular formula is C8H16N2O2. The van der Waals surface area contributed by atoms with Crippen LogP contribution in [0.4, 0.5) is 0 Å². The number of likely N-dealkylation sites (tertiary alicyclic amines) is 1. The molecule has 1 amide bonds. The molecule has 0 aliphatic carbocycles. The summed E-state index contributed by atoms with van der Waals surface area (Å²) in [5.41, 5.74) is 5.07. The standard InChI is InChI=1S/C8H16N2O2/c1-10-3-2-6(4-7(9)11)5-8(10)12/h6,8,12H,2-5H2,1H3,(H2,9,11). The Balaban J connectivity index is 2.35. The number of carbonyl (C=O) groups excluding carboxylic acids is 1. The highest BCUT2D eigenvalue weighted by Gasteiger charge is 2.24. The normalized spacial score (nSPS) is 31.8. The first kappa shape index (κ1) is 9.48. The van der Waals surface area contributed by atoms with E-state index in [4.69, 9.17) is 5.73 Å². The van der Waals surface area contributed by atoms with Gasteiger partial charge in [-0.1, -0.05) is 0 Å². The molecule has 2 unspecified atom stereocenters. The quantitative estimate of drug-likeness (QED) is 0.591. The first-order chi connectivity index (χ1) is 5.59. The van der Waals surface area contributed by atoms with Crippen LogP contribution in [0.1, 0.15) is 19.3 Å². The molecule has 0 aromatic heterocycles. The van der Waals surface area contributed by atoms with E-state index in [0.717, 1.165) is 13.0 Å². The van der Waals surface area contributed by atoms with Crippen molar-refractivity contribution in [3.8, 4) is 0 Å². The van der Waals surface area contributed by atoms with Crippen LogP contribution in [0.5, 0.6) is 0 Å². The number of nitrogens with zero attached hydrogens (tertiary/aromatic N) is 1. The lowest BCUT2D eigenvalue weighted by atomic mass is 9.92. The fraction of sp³-hybridized carbons (Fsp3) is 0.875. The van der Waals surface area contributed by atoms with Gasteiger partial charge in [-0.05, 0) is 25.8 Å². The maximum Gasteiger partial charge on any atom is 0.217 e. The van der Waals surface area contributed by atoms with Crippen molar-refractivity contribution in [2.24, 2.45) is 11.7 Å². The summed E-state index contributed by atoms with van der Waals surface area (Å²) >= 11 is 0. The van der Waals surface area contributed by atoms with Crippen molar-refractivity contribution in [2.45, 2.75) is 25.5 Å². The molecule has 0 spiro atoms. The maximum absolute atomic E-state index is 10.6. The molecule has 0 saturated carbocycles. The van der Waals surface area contributed by atoms with E-state index >= 15 is 0 Å². The number of nitrogens with two attached hydrogens (primary N) is 1. The minimum absolute atomic E-state index is 0.267. The molecule has 4 nitrogen and oxygen atoms in total. The summed E-state index contributed by atoms with van der Waals surface area (Å²) in [6.45, 7) is 0.846. The molecule has 0 aromatic rings. The molecule has 1 aliphatic rings. The Bertz CT molecular complexity index is 172. The fourth-order valence-corrected chi connectivity index (χ4v) is 1.60. The van der Waals surface area contributed by atoms with Gasteiger partial charge >= 0.3 is 0 Å². The van der Waals surface area contributed by atoms with Gasteiger partial charge in [-0.25, -0.2) is 0 Å². The number of piperidine rings is 1. The molecule has 70 valence electrons. The van der Waals surface area contributed by atoms with Crippen LogP contribution >= 0.6 is 0 Å². The van der Waals surface area contributed by atoms with Crippen molar-refractivity contribution in [2.75, 3.05) is 13.6 Å². The maximum atomic E-state index is 10.6. The summed E-state index contributed by atoms with van der Waals surface area (Å²) in [5, 5.41) is 9.43. The van der Waals surface area contributed by atoms with Crippen molar-refractivity contribution >= 4 is 5.91 Å². The third-order valence-electron chi connectivity index (χ3n) is 2.43. The van der Waals surface area contributed by atoms with Crippen LogP contribution in [0.3, 0.4) is 0 Å². The van der Waals surface area contributed by atoms with Gasteiger partial charge in [-0.15, -0.1) is 0 Å². The zero-order valence-corrected chi connectivity index (χ0v) is 7.36. The molecule has 0 aromatic carbocycles. The number of amides is 1. The summed E-state index contributed by atoms with van der Waals surface area (Å²) in [6.07, 6.45) is 1.63. The highest BCUT2D eigenvalue weighted by Crippen LogP contribution is 2.22. The number of hydrogen-bond acceptors (Lipinski definition) is 3. The minimum atomic E-state index is -0.400. The minimum Gasteiger partial charge on any atom is -0.378 e. The second kappa shape index (κ2) is 3.87. The van der Waals surface area contributed by atoms with Gasteiger partial charge in [-0.3, -0.25) is 9.69 Å². The third-order valence-corrected chi connectivity index (χ3v) is 2.43. The zero-order chi connectivity index (χ0) is 9.14. The molecular weight excluding hydrogens is 156 g/mol. The van der Waals surface area contributed by atoms with Gasteiger partial charge in [0.05, 0.1) is 0 Å². The molecule has 1 aliphatic heterocycles. The van der Waals surface area contributed by atoms with Crippen LogP contribution in [0.15, 0.2) is 0 Å². The second-order valence-electron chi connectivity index (χ2n) is 3.52. The summed E-state index contributed by atoms with van der Waals surface area (Å²) in [6, 6.07) is 0. The van der Waals surface area contributed by atoms with E-state index in [2.05, 4.69) is 0 Å². The Morgan fingerprint density at radius 3 is 2.92 bits per heavy atom. The SMILES string of the molecule is CN1CCC(CC(N)=O)CC1O. The zero-order valence-electron chi connectivity index (χ0n) is 7.36. The summed E-state index contributed by atoms with van der Waals surface area (Å²) in [7, 11) is 1.88. The lowest BCUT2D eigenvalue weighted by molar-refractivity contribution is -0.120. The highest BCUT2D eigenvalue weighted by atomic mass is 16.3. The fourth-order valence-electron chi connectivity index (χ4n) is 1.60. The number of aliphatic hydroxyl groups excluding tert-OH is 1. The molecule has 12 heavy (non-hydrogen) atoms. The number of rotatable bonds is 2. The molecule has 0 bridgehead atoms. The smallest absolute Gasteiger partial charge is 0.217 e. The monoisotopic (exact) mass is 172 g/mol. The predicted molar refractivity (Wildman–Crippen MR) is 45.2 cm³/mol. The lowest BCUT2D eigenvalue weighted by Gasteiger charge is -2.33. The van der Waals surface area contributed by atoms with E-state index < -0.39 is 6.23 Å². The van der Waals surface area contributed by atoms with Crippen LogP contribution in [-0.2, 0) is 4.79 Å². The number of carbonyl (C=O) groups is 1. The van der Waals surface area contributed by atoms with Crippen LogP contribution < -0.4 is 5.73 Å². The van der Waals surface area contributed by atoms with E-state index in [1.165, 1.54) is 0 Å². The molecule has 1 fully saturated rings. The number of hydrogen-bond donors (Lipinski definition) is 2. The average molecular weight is 172 g/mol. The van der Waals surface area contributed by atoms with Crippen molar-refractivity contribution < 1.29 is 9.90 Å². The molecule has 4 heteroatoms. The lowest BCUT2D eigenvalue weighted by Crippen LogP contribution is -2.40. The summed E-state index contributed by atoms with van der Waals surface area (Å²) in [5.74, 6) is 0.00505. The van der Waals surface area contributed by atoms with Crippen molar-refractivity contribution in [1.29, 1.82) is 0 Å². The molecule has 1 heterocycles. The van der Waals surface area contributed by atoms with Gasteiger partial charge in [0.1, 0.15) is 6.23 Å². The Morgan fingerprint density at radius 1 is 1.75 bits per heavy atom. The average Bonchev–Trinajstić information content (AvgIpc) is 1.96. The molecule has 2 atom stereocenters. The van der Waals surface area contributed by atoms with E-state index in [9.17, 15) is 9.90 Å². The largest absolute Gasteiger partial charge is 0.378 e. The van der Waals surface area contributed by atoms with Gasteiger partial charge in [-0.2, -0.15) is 0 Å². The summed E-state index contributed by atoms with van der Waals surface area (Å²) in [4.78, 5) is 12.5. The molecule has 1 saturated heterocycles. The Morgan fingerprint density at radius 2 is 2.42 bits per heavy atom. The Kier molecular flexibility index (Phi) is 3.05. The van der Waals surface area contributed by atoms with E-state index in [-0.39, 0.29) is 11.8 Å². The van der Waals surface area contributed by atoms with Crippen molar-refractivity contribution in [1.82, 2.24) is 4.90 Å². The van der Waals surface area contributed by atoms with E-state index in [1.54, 1.807) is 0 Å². The highest BCUT2D eigenvalue weighted by molar-refractivity contribution is 5.73. The third kappa shape index (κ3) is 2.46. The Hall–Kier alpha value is -0.610. The first-order valence-corrected chi connectivity index (χ1v) is 4.26. The van der Waals surface area contributed by atoms with Gasteiger partial charge in [0.25, 0.3) is 0 Å². The molecule has 1 rings (SSSR count). The topological polar surface area (TPSA) is 66.6 Å². The van der Waals surface area contributed by atoms with Crippen LogP contribution in [0, 0.1) is 5.92 Å². The van der Waals surface area contributed by atoms with Crippen LogP contribution in [0.25, 0.3) is 0 Å². The van der Waals surface area contributed by atoms with E-state index in [1.807, 2.05) is 11.9 Å². The van der Waals surface area contributed by atoms with Gasteiger partial charge in [0.15, 0.2) is 0 Å². The van der Waals surface area contributed by atoms with Crippen LogP contribution in [-0.4, -0.2) is 35.7 Å². The van der Waals surface area contributed by atoms with Crippen molar-refractivity contribution in [3.63, 3.8) is 0 Å². The molecule has 3 N–H and O–H groups in total. The Labute approximate surface area is 72.3 Å². The van der Waals surface area contributed by atoms with E-state index in [0.29, 0.717) is 12.8 Å². The van der Waals surface area contributed by atoms with Gasteiger partial charge < -0.3 is 10.8 Å². The molecule has 0 radical (unpaired) electrons. The first-order valence-electron chi connectivity index (χ1n) is 4.26. The van der Waals surface area contributed by atoms with Gasteiger partial charge in [0, 0.05) is 13.0 Å². The predicted octanol–water partition coefficient (Wildman–Crippen LogP) is -0.478. The van der Waals surface area contributed by atoms with Crippen molar-refractivity contribution in [3.05, 3.63) is 0 Å². The van der Waals surface area contributed by atoms with Crippen LogP contribution in [0.2, 0.25) is 0 Å². The van der Waals surface area contributed by atoms with Gasteiger partial charge in [0.2, 0.25) is 5.91 Å². The summed E-state index contributed by atoms with van der Waals surface area (Å²) < 4.78 is 0. The number of primary amides is 1. The second-order valence-corrected chi connectivity index (χ2v) is 3.52.